The van der Waals surface area contributed by atoms with Gasteiger partial charge in [0.15, 0.2) is 5.82 Å². The number of imidazole rings is 1. The number of alkyl halides is 2. The van der Waals surface area contributed by atoms with Crippen molar-refractivity contribution in [2.24, 2.45) is 0 Å². The third-order valence-electron chi connectivity index (χ3n) is 5.28. The number of nitrogens with two attached hydrogens (primary N) is 1. The minimum absolute atomic E-state index is 0.0215. The highest BCUT2D eigenvalue weighted by Gasteiger charge is 2.20. The second-order valence-electron chi connectivity index (χ2n) is 7.62. The van der Waals surface area contributed by atoms with Crippen LogP contribution in [0.2, 0.25) is 0 Å². The number of hydrogen-bond acceptors (Lipinski definition) is 8. The normalized spacial score (nSPS) is 12.4. The Hall–Kier alpha value is -4.48. The molecule has 0 bridgehead atoms. The van der Waals surface area contributed by atoms with E-state index in [9.17, 15) is 8.78 Å². The quantitative estimate of drug-likeness (QED) is 0.377. The van der Waals surface area contributed by atoms with Crippen LogP contribution < -0.4 is 11.1 Å². The average Bonchev–Trinajstić information content (AvgIpc) is 3.46. The molecule has 5 aromatic rings. The molecule has 0 aliphatic carbocycles. The summed E-state index contributed by atoms with van der Waals surface area (Å²) in [6, 6.07) is 8.48. The molecule has 0 saturated carbocycles. The van der Waals surface area contributed by atoms with Crippen molar-refractivity contribution in [3.8, 4) is 11.4 Å². The minimum Gasteiger partial charge on any atom is -0.368 e. The van der Waals surface area contributed by atoms with Crippen molar-refractivity contribution in [3.63, 3.8) is 0 Å². The lowest BCUT2D eigenvalue weighted by Crippen LogP contribution is -2.18. The van der Waals surface area contributed by atoms with E-state index in [2.05, 4.69) is 35.3 Å². The standard InChI is InChI=1S/C22H20F2N10/c1-13-27-11-16-5-4-15(12-33(13)16)19-29-21(25)31-22(30-19)28-18(9-14-3-2-7-26-10-14)17-6-8-34(32-17)20(23)24/h2-8,10-12,18,20H,9H2,1H3,(H3,25,28,29,30,31)/t18-/m1/s1. The lowest BCUT2D eigenvalue weighted by molar-refractivity contribution is 0.0561. The van der Waals surface area contributed by atoms with Crippen molar-refractivity contribution in [2.75, 3.05) is 11.1 Å². The first kappa shape index (κ1) is 21.4. The maximum Gasteiger partial charge on any atom is 0.333 e. The summed E-state index contributed by atoms with van der Waals surface area (Å²) in [5, 5.41) is 7.20. The number of nitrogens with one attached hydrogen (secondary N) is 1. The monoisotopic (exact) mass is 462 g/mol. The number of nitrogen functional groups attached to an aromatic ring is 1. The molecule has 0 aliphatic heterocycles. The number of anilines is 2. The van der Waals surface area contributed by atoms with Crippen molar-refractivity contribution in [2.45, 2.75) is 25.9 Å². The first-order chi connectivity index (χ1) is 16.5. The topological polar surface area (TPSA) is 125 Å². The van der Waals surface area contributed by atoms with Crippen molar-refractivity contribution < 1.29 is 8.78 Å². The molecule has 0 unspecified atom stereocenters. The van der Waals surface area contributed by atoms with Crippen molar-refractivity contribution in [3.05, 3.63) is 78.4 Å². The Kier molecular flexibility index (Phi) is 5.54. The van der Waals surface area contributed by atoms with Crippen LogP contribution in [0.1, 0.15) is 29.7 Å². The lowest BCUT2D eigenvalue weighted by Gasteiger charge is -2.17. The zero-order chi connectivity index (χ0) is 23.7. The number of pyridine rings is 2. The van der Waals surface area contributed by atoms with Crippen LogP contribution in [0.5, 0.6) is 0 Å². The van der Waals surface area contributed by atoms with E-state index in [1.54, 1.807) is 24.7 Å². The second kappa shape index (κ2) is 8.81. The molecule has 3 N–H and O–H groups in total. The Balaban J connectivity index is 1.49. The van der Waals surface area contributed by atoms with E-state index in [4.69, 9.17) is 5.73 Å². The number of rotatable bonds is 7. The van der Waals surface area contributed by atoms with Gasteiger partial charge in [-0.2, -0.15) is 28.8 Å². The summed E-state index contributed by atoms with van der Waals surface area (Å²) in [7, 11) is 0. The molecule has 0 fully saturated rings. The first-order valence-electron chi connectivity index (χ1n) is 10.4. The predicted octanol–water partition coefficient (Wildman–Crippen LogP) is 3.46. The predicted molar refractivity (Wildman–Crippen MR) is 121 cm³/mol. The molecule has 5 heterocycles. The number of nitrogens with zero attached hydrogens (tertiary/aromatic N) is 8. The number of hydrogen-bond donors (Lipinski definition) is 2. The molecule has 12 heteroatoms. The van der Waals surface area contributed by atoms with Gasteiger partial charge in [0.2, 0.25) is 11.9 Å². The summed E-state index contributed by atoms with van der Waals surface area (Å²) >= 11 is 0. The summed E-state index contributed by atoms with van der Waals surface area (Å²) in [4.78, 5) is 21.4. The summed E-state index contributed by atoms with van der Waals surface area (Å²) < 4.78 is 28.8. The Bertz CT molecular complexity index is 1430. The van der Waals surface area contributed by atoms with Gasteiger partial charge in [0.1, 0.15) is 5.82 Å². The van der Waals surface area contributed by atoms with Gasteiger partial charge < -0.3 is 15.5 Å². The van der Waals surface area contributed by atoms with Crippen LogP contribution >= 0.6 is 0 Å². The largest absolute Gasteiger partial charge is 0.368 e. The summed E-state index contributed by atoms with van der Waals surface area (Å²) in [6.07, 6.45) is 8.65. The van der Waals surface area contributed by atoms with E-state index in [1.807, 2.05) is 35.7 Å². The van der Waals surface area contributed by atoms with Crippen LogP contribution in [0.25, 0.3) is 16.9 Å². The van der Waals surface area contributed by atoms with Gasteiger partial charge in [0.05, 0.1) is 23.4 Å². The zero-order valence-corrected chi connectivity index (χ0v) is 18.0. The fraction of sp³-hybridized carbons (Fsp3) is 0.182. The van der Waals surface area contributed by atoms with Gasteiger partial charge in [-0.05, 0) is 43.2 Å². The highest BCUT2D eigenvalue weighted by molar-refractivity contribution is 5.61. The molecule has 10 nitrogen and oxygen atoms in total. The van der Waals surface area contributed by atoms with E-state index >= 15 is 0 Å². The molecule has 0 aliphatic rings. The molecule has 0 spiro atoms. The average molecular weight is 462 g/mol. The second-order valence-corrected chi connectivity index (χ2v) is 7.62. The van der Waals surface area contributed by atoms with Crippen molar-refractivity contribution in [1.29, 1.82) is 0 Å². The summed E-state index contributed by atoms with van der Waals surface area (Å²) in [5.41, 5.74) is 8.92. The van der Waals surface area contributed by atoms with Crippen LogP contribution in [-0.2, 0) is 6.42 Å². The molecule has 172 valence electrons. The summed E-state index contributed by atoms with van der Waals surface area (Å²) in [5.74, 6) is 1.41. The van der Waals surface area contributed by atoms with Gasteiger partial charge in [-0.3, -0.25) is 4.98 Å². The Morgan fingerprint density at radius 3 is 2.74 bits per heavy atom. The van der Waals surface area contributed by atoms with Crippen LogP contribution in [0.3, 0.4) is 0 Å². The first-order valence-corrected chi connectivity index (χ1v) is 10.4. The van der Waals surface area contributed by atoms with E-state index in [0.29, 0.717) is 22.6 Å². The molecule has 0 aromatic carbocycles. The number of fused-ring (bicyclic) bond motifs is 1. The van der Waals surface area contributed by atoms with Crippen LogP contribution in [0.15, 0.2) is 61.3 Å². The van der Waals surface area contributed by atoms with Crippen molar-refractivity contribution >= 4 is 17.4 Å². The van der Waals surface area contributed by atoms with Crippen LogP contribution in [-0.4, -0.2) is 39.1 Å². The molecular weight excluding hydrogens is 442 g/mol. The summed E-state index contributed by atoms with van der Waals surface area (Å²) in [6.45, 7) is -0.846. The van der Waals surface area contributed by atoms with E-state index in [1.165, 1.54) is 12.3 Å². The number of aryl methyl sites for hydroxylation is 1. The maximum absolute atomic E-state index is 13.1. The molecule has 0 amide bonds. The molecule has 0 saturated heterocycles. The number of halogens is 2. The Morgan fingerprint density at radius 1 is 1.09 bits per heavy atom. The fourth-order valence-corrected chi connectivity index (χ4v) is 3.62. The molecular formula is C22H20F2N10. The third kappa shape index (κ3) is 4.37. The SMILES string of the molecule is Cc1ncc2ccc(-c3nc(N)nc(N[C@H](Cc4cccnc4)c4ccn(C(F)F)n4)n3)cn12. The highest BCUT2D eigenvalue weighted by Crippen LogP contribution is 2.24. The van der Waals surface area contributed by atoms with Gasteiger partial charge in [0.25, 0.3) is 0 Å². The number of aromatic nitrogens is 8. The smallest absolute Gasteiger partial charge is 0.333 e. The Labute approximate surface area is 192 Å². The van der Waals surface area contributed by atoms with Crippen molar-refractivity contribution in [1.82, 2.24) is 39.1 Å². The Morgan fingerprint density at radius 2 is 1.97 bits per heavy atom. The van der Waals surface area contributed by atoms with Crippen LogP contribution in [0, 0.1) is 6.92 Å². The van der Waals surface area contributed by atoms with Gasteiger partial charge in [-0.15, -0.1) is 0 Å². The van der Waals surface area contributed by atoms with Gasteiger partial charge in [-0.25, -0.2) is 9.67 Å². The fourth-order valence-electron chi connectivity index (χ4n) is 3.62. The highest BCUT2D eigenvalue weighted by atomic mass is 19.3. The van der Waals surface area contributed by atoms with E-state index < -0.39 is 12.6 Å². The molecule has 5 rings (SSSR count). The van der Waals surface area contributed by atoms with E-state index in [0.717, 1.165) is 22.5 Å². The molecule has 5 aromatic heterocycles. The van der Waals surface area contributed by atoms with Gasteiger partial charge in [-0.1, -0.05) is 6.07 Å². The van der Waals surface area contributed by atoms with E-state index in [-0.39, 0.29) is 11.9 Å². The van der Waals surface area contributed by atoms with Crippen LogP contribution in [0.4, 0.5) is 20.7 Å². The third-order valence-corrected chi connectivity index (χ3v) is 5.28. The van der Waals surface area contributed by atoms with Gasteiger partial charge >= 0.3 is 6.55 Å². The molecule has 1 atom stereocenters. The molecule has 0 radical (unpaired) electrons. The van der Waals surface area contributed by atoms with Gasteiger partial charge in [0, 0.05) is 30.4 Å². The molecule has 34 heavy (non-hydrogen) atoms. The zero-order valence-electron chi connectivity index (χ0n) is 18.0. The maximum atomic E-state index is 13.1. The lowest BCUT2D eigenvalue weighted by atomic mass is 10.1. The minimum atomic E-state index is -2.74.